The number of β-amino-alcohol motifs (C(OH)–C–C–N with tert-alkyl or cyclic N) is 1. The second-order valence-corrected chi connectivity index (χ2v) is 10.3. The Morgan fingerprint density at radius 2 is 1.64 bits per heavy atom. The van der Waals surface area contributed by atoms with Crippen molar-refractivity contribution in [3.63, 3.8) is 0 Å². The Labute approximate surface area is 231 Å². The van der Waals surface area contributed by atoms with Crippen molar-refractivity contribution < 1.29 is 14.6 Å². The number of piperidine rings is 1. The van der Waals surface area contributed by atoms with E-state index in [9.17, 15) is 9.90 Å². The molecule has 1 N–H and O–H groups in total. The average Bonchev–Trinajstić information content (AvgIpc) is 2.99. The second-order valence-electron chi connectivity index (χ2n) is 10.3. The Hall–Kier alpha value is -3.93. The van der Waals surface area contributed by atoms with Crippen molar-refractivity contribution in [3.05, 3.63) is 114 Å². The van der Waals surface area contributed by atoms with Crippen LogP contribution in [0.1, 0.15) is 29.9 Å². The van der Waals surface area contributed by atoms with Crippen molar-refractivity contribution >= 4 is 28.4 Å². The van der Waals surface area contributed by atoms with Crippen LogP contribution in [0.15, 0.2) is 103 Å². The highest BCUT2D eigenvalue weighted by atomic mass is 16.5. The molecule has 1 atom stereocenters. The van der Waals surface area contributed by atoms with Crippen LogP contribution in [0.25, 0.3) is 16.8 Å². The number of anilines is 1. The zero-order valence-corrected chi connectivity index (χ0v) is 22.4. The molecule has 0 radical (unpaired) electrons. The number of para-hydroxylation sites is 2. The first kappa shape index (κ1) is 26.7. The van der Waals surface area contributed by atoms with Gasteiger partial charge in [-0.15, -0.1) is 0 Å². The summed E-state index contributed by atoms with van der Waals surface area (Å²) in [5.74, 6) is 1.09. The number of rotatable bonds is 9. The SMILES string of the molecule is CN(C(=O)C=Cc1ccccc1OCC(O)CN1CCC(c2ccc3ccccc3c2)CC1)c1ccccc1. The fraction of sp³-hybridized carbons (Fsp3) is 0.265. The number of carbonyl (C=O) groups is 1. The van der Waals surface area contributed by atoms with E-state index in [1.54, 1.807) is 24.1 Å². The van der Waals surface area contributed by atoms with Gasteiger partial charge in [-0.05, 0) is 72.5 Å². The van der Waals surface area contributed by atoms with Gasteiger partial charge in [0.25, 0.3) is 5.91 Å². The molecule has 1 aliphatic rings. The molecule has 5 heteroatoms. The van der Waals surface area contributed by atoms with Gasteiger partial charge in [0, 0.05) is 30.9 Å². The number of amides is 1. The van der Waals surface area contributed by atoms with E-state index >= 15 is 0 Å². The summed E-state index contributed by atoms with van der Waals surface area (Å²) >= 11 is 0. The number of nitrogens with zero attached hydrogens (tertiary/aromatic N) is 2. The molecule has 0 aliphatic carbocycles. The molecule has 39 heavy (non-hydrogen) atoms. The normalized spacial score (nSPS) is 15.4. The lowest BCUT2D eigenvalue weighted by Crippen LogP contribution is -2.40. The summed E-state index contributed by atoms with van der Waals surface area (Å²) in [5.41, 5.74) is 3.05. The molecule has 0 aromatic heterocycles. The van der Waals surface area contributed by atoms with Gasteiger partial charge in [0.1, 0.15) is 18.5 Å². The molecule has 5 rings (SSSR count). The van der Waals surface area contributed by atoms with Crippen LogP contribution in [0.5, 0.6) is 5.75 Å². The average molecular weight is 521 g/mol. The van der Waals surface area contributed by atoms with Crippen molar-refractivity contribution in [1.29, 1.82) is 0 Å². The van der Waals surface area contributed by atoms with E-state index in [0.717, 1.165) is 37.2 Å². The first-order valence-corrected chi connectivity index (χ1v) is 13.7. The molecule has 1 amide bonds. The van der Waals surface area contributed by atoms with Gasteiger partial charge in [-0.1, -0.05) is 78.9 Å². The Bertz CT molecular complexity index is 1410. The summed E-state index contributed by atoms with van der Waals surface area (Å²) in [7, 11) is 1.76. The number of aliphatic hydroxyl groups excluding tert-OH is 1. The zero-order valence-electron chi connectivity index (χ0n) is 22.4. The Morgan fingerprint density at radius 1 is 0.949 bits per heavy atom. The maximum atomic E-state index is 12.6. The first-order valence-electron chi connectivity index (χ1n) is 13.7. The number of hydrogen-bond acceptors (Lipinski definition) is 4. The molecule has 0 bridgehead atoms. The molecule has 5 nitrogen and oxygen atoms in total. The molecule has 1 unspecified atom stereocenters. The predicted octanol–water partition coefficient (Wildman–Crippen LogP) is 6.14. The van der Waals surface area contributed by atoms with Crippen molar-refractivity contribution in [2.24, 2.45) is 0 Å². The third kappa shape index (κ3) is 6.94. The lowest BCUT2D eigenvalue weighted by molar-refractivity contribution is -0.113. The first-order chi connectivity index (χ1) is 19.1. The van der Waals surface area contributed by atoms with E-state index in [0.29, 0.717) is 18.2 Å². The van der Waals surface area contributed by atoms with Crippen LogP contribution in [-0.2, 0) is 4.79 Å². The molecule has 200 valence electrons. The number of aliphatic hydroxyl groups is 1. The Balaban J connectivity index is 1.11. The Kier molecular flexibility index (Phi) is 8.71. The van der Waals surface area contributed by atoms with Crippen molar-refractivity contribution in [2.45, 2.75) is 24.9 Å². The summed E-state index contributed by atoms with van der Waals surface area (Å²) in [6.45, 7) is 2.71. The molecule has 1 saturated heterocycles. The van der Waals surface area contributed by atoms with E-state index in [1.165, 1.54) is 16.3 Å². The van der Waals surface area contributed by atoms with E-state index in [1.807, 2.05) is 54.6 Å². The van der Waals surface area contributed by atoms with Crippen molar-refractivity contribution in [2.75, 3.05) is 38.2 Å². The number of likely N-dealkylation sites (N-methyl/N-ethyl adjacent to an activating group) is 1. The zero-order chi connectivity index (χ0) is 27.0. The smallest absolute Gasteiger partial charge is 0.250 e. The second kappa shape index (κ2) is 12.7. The molecule has 0 saturated carbocycles. The van der Waals surface area contributed by atoms with Gasteiger partial charge in [0.2, 0.25) is 0 Å². The summed E-state index contributed by atoms with van der Waals surface area (Å²) < 4.78 is 6.00. The summed E-state index contributed by atoms with van der Waals surface area (Å²) in [6, 6.07) is 32.5. The Morgan fingerprint density at radius 3 is 2.44 bits per heavy atom. The van der Waals surface area contributed by atoms with Gasteiger partial charge >= 0.3 is 0 Å². The molecule has 4 aromatic rings. The highest BCUT2D eigenvalue weighted by Gasteiger charge is 2.22. The predicted molar refractivity (Wildman–Crippen MR) is 159 cm³/mol. The largest absolute Gasteiger partial charge is 0.490 e. The minimum absolute atomic E-state index is 0.122. The summed E-state index contributed by atoms with van der Waals surface area (Å²) in [6.07, 6.45) is 4.90. The third-order valence-electron chi connectivity index (χ3n) is 7.53. The van der Waals surface area contributed by atoms with Crippen LogP contribution in [0.2, 0.25) is 0 Å². The van der Waals surface area contributed by atoms with Gasteiger partial charge in [0.05, 0.1) is 0 Å². The van der Waals surface area contributed by atoms with Gasteiger partial charge in [-0.2, -0.15) is 0 Å². The van der Waals surface area contributed by atoms with Crippen LogP contribution < -0.4 is 9.64 Å². The van der Waals surface area contributed by atoms with E-state index < -0.39 is 6.10 Å². The lowest BCUT2D eigenvalue weighted by atomic mass is 9.88. The number of benzene rings is 4. The highest BCUT2D eigenvalue weighted by Crippen LogP contribution is 2.30. The molecule has 1 fully saturated rings. The van der Waals surface area contributed by atoms with Gasteiger partial charge < -0.3 is 19.6 Å². The maximum absolute atomic E-state index is 12.6. The highest BCUT2D eigenvalue weighted by molar-refractivity contribution is 6.03. The van der Waals surface area contributed by atoms with Gasteiger partial charge in [-0.3, -0.25) is 4.79 Å². The quantitative estimate of drug-likeness (QED) is 0.270. The molecule has 1 heterocycles. The van der Waals surface area contributed by atoms with E-state index in [2.05, 4.69) is 47.4 Å². The standard InChI is InChI=1S/C34H36N2O3/c1-35(31-12-3-2-4-13-31)34(38)18-17-28-10-7-8-14-33(28)39-25-32(37)24-36-21-19-27(20-22-36)30-16-15-26-9-5-6-11-29(26)23-30/h2-18,23,27,32,37H,19-22,24-25H2,1H3. The third-order valence-corrected chi connectivity index (χ3v) is 7.53. The monoisotopic (exact) mass is 520 g/mol. The van der Waals surface area contributed by atoms with Crippen LogP contribution >= 0.6 is 0 Å². The van der Waals surface area contributed by atoms with Crippen LogP contribution in [0, 0.1) is 0 Å². The number of fused-ring (bicyclic) bond motifs is 1. The number of ether oxygens (including phenoxy) is 1. The van der Waals surface area contributed by atoms with Crippen LogP contribution in [0.4, 0.5) is 5.69 Å². The lowest BCUT2D eigenvalue weighted by Gasteiger charge is -2.33. The van der Waals surface area contributed by atoms with Crippen molar-refractivity contribution in [1.82, 2.24) is 4.90 Å². The van der Waals surface area contributed by atoms with E-state index in [4.69, 9.17) is 4.74 Å². The molecule has 4 aromatic carbocycles. The minimum Gasteiger partial charge on any atom is -0.490 e. The maximum Gasteiger partial charge on any atom is 0.250 e. The molecule has 0 spiro atoms. The van der Waals surface area contributed by atoms with Crippen LogP contribution in [0.3, 0.4) is 0 Å². The number of likely N-dealkylation sites (tertiary alicyclic amines) is 1. The minimum atomic E-state index is -0.592. The number of carbonyl (C=O) groups excluding carboxylic acids is 1. The van der Waals surface area contributed by atoms with Crippen LogP contribution in [-0.4, -0.2) is 55.3 Å². The molecular weight excluding hydrogens is 484 g/mol. The van der Waals surface area contributed by atoms with Gasteiger partial charge in [0.15, 0.2) is 0 Å². The summed E-state index contributed by atoms with van der Waals surface area (Å²) in [5, 5.41) is 13.3. The fourth-order valence-corrected chi connectivity index (χ4v) is 5.25. The van der Waals surface area contributed by atoms with E-state index in [-0.39, 0.29) is 12.5 Å². The fourth-order valence-electron chi connectivity index (χ4n) is 5.25. The molecular formula is C34H36N2O3. The van der Waals surface area contributed by atoms with Gasteiger partial charge in [-0.25, -0.2) is 0 Å². The van der Waals surface area contributed by atoms with Crippen molar-refractivity contribution in [3.8, 4) is 5.75 Å². The topological polar surface area (TPSA) is 53.0 Å². The summed E-state index contributed by atoms with van der Waals surface area (Å²) in [4.78, 5) is 16.6. The molecule has 1 aliphatic heterocycles. The number of hydrogen-bond donors (Lipinski definition) is 1.